The highest BCUT2D eigenvalue weighted by molar-refractivity contribution is 6.17. The SMILES string of the molecule is N#CCc1c(CCl)ccnc1C(F)F. The molecule has 74 valence electrons. The summed E-state index contributed by atoms with van der Waals surface area (Å²) in [4.78, 5) is 3.55. The zero-order valence-electron chi connectivity index (χ0n) is 7.17. The average Bonchev–Trinajstić information content (AvgIpc) is 2.18. The van der Waals surface area contributed by atoms with E-state index in [2.05, 4.69) is 4.98 Å². The van der Waals surface area contributed by atoms with Crippen molar-refractivity contribution in [3.05, 3.63) is 29.1 Å². The molecule has 0 bridgehead atoms. The van der Waals surface area contributed by atoms with Gasteiger partial charge in [0.1, 0.15) is 5.69 Å². The first kappa shape index (κ1) is 10.9. The maximum atomic E-state index is 12.5. The molecule has 1 aromatic rings. The van der Waals surface area contributed by atoms with E-state index in [1.807, 2.05) is 6.07 Å². The van der Waals surface area contributed by atoms with Gasteiger partial charge in [0.15, 0.2) is 0 Å². The Bertz CT molecular complexity index is 360. The zero-order chi connectivity index (χ0) is 10.6. The predicted octanol–water partition coefficient (Wildman–Crippen LogP) is 2.82. The van der Waals surface area contributed by atoms with E-state index in [9.17, 15) is 8.78 Å². The van der Waals surface area contributed by atoms with Crippen LogP contribution in [0.25, 0.3) is 0 Å². The summed E-state index contributed by atoms with van der Waals surface area (Å²) in [6, 6.07) is 3.37. The molecule has 14 heavy (non-hydrogen) atoms. The monoisotopic (exact) mass is 216 g/mol. The highest BCUT2D eigenvalue weighted by atomic mass is 35.5. The normalized spacial score (nSPS) is 10.2. The molecule has 1 rings (SSSR count). The number of pyridine rings is 1. The van der Waals surface area contributed by atoms with Gasteiger partial charge in [0.05, 0.1) is 12.5 Å². The highest BCUT2D eigenvalue weighted by Gasteiger charge is 2.16. The molecule has 0 saturated heterocycles. The molecular formula is C9H7ClF2N2. The van der Waals surface area contributed by atoms with Gasteiger partial charge in [-0.15, -0.1) is 11.6 Å². The van der Waals surface area contributed by atoms with Gasteiger partial charge in [-0.3, -0.25) is 4.98 Å². The molecule has 0 N–H and O–H groups in total. The van der Waals surface area contributed by atoms with Gasteiger partial charge in [0.2, 0.25) is 0 Å². The maximum absolute atomic E-state index is 12.5. The van der Waals surface area contributed by atoms with Crippen LogP contribution < -0.4 is 0 Å². The number of rotatable bonds is 3. The van der Waals surface area contributed by atoms with Gasteiger partial charge in [0, 0.05) is 12.1 Å². The number of halogens is 3. The lowest BCUT2D eigenvalue weighted by atomic mass is 10.1. The Balaban J connectivity index is 3.22. The molecule has 0 aromatic carbocycles. The van der Waals surface area contributed by atoms with Crippen molar-refractivity contribution in [2.24, 2.45) is 0 Å². The number of aromatic nitrogens is 1. The molecule has 0 unspecified atom stereocenters. The van der Waals surface area contributed by atoms with E-state index in [0.29, 0.717) is 5.56 Å². The molecule has 5 heteroatoms. The Morgan fingerprint density at radius 1 is 1.57 bits per heavy atom. The second kappa shape index (κ2) is 4.87. The van der Waals surface area contributed by atoms with Crippen molar-refractivity contribution < 1.29 is 8.78 Å². The van der Waals surface area contributed by atoms with Crippen LogP contribution in [0.4, 0.5) is 8.78 Å². The lowest BCUT2D eigenvalue weighted by Gasteiger charge is -2.08. The standard InChI is InChI=1S/C9H7ClF2N2/c10-5-6-2-4-14-8(9(11)12)7(6)1-3-13/h2,4,9H,1,5H2. The Labute approximate surface area is 85.1 Å². The molecule has 2 nitrogen and oxygen atoms in total. The van der Waals surface area contributed by atoms with Gasteiger partial charge in [-0.25, -0.2) is 8.78 Å². The second-order valence-electron chi connectivity index (χ2n) is 2.60. The molecule has 1 heterocycles. The van der Waals surface area contributed by atoms with E-state index >= 15 is 0 Å². The fourth-order valence-corrected chi connectivity index (χ4v) is 1.40. The molecule has 0 spiro atoms. The fourth-order valence-electron chi connectivity index (χ4n) is 1.15. The molecule has 0 radical (unpaired) electrons. The fraction of sp³-hybridized carbons (Fsp3) is 0.333. The molecule has 1 aromatic heterocycles. The number of nitriles is 1. The van der Waals surface area contributed by atoms with Crippen molar-refractivity contribution in [1.82, 2.24) is 4.98 Å². The number of alkyl halides is 3. The first-order chi connectivity index (χ1) is 6.70. The molecule has 0 saturated carbocycles. The molecular weight excluding hydrogens is 210 g/mol. The molecule has 0 atom stereocenters. The van der Waals surface area contributed by atoms with Crippen LogP contribution in [-0.4, -0.2) is 4.98 Å². The zero-order valence-corrected chi connectivity index (χ0v) is 7.93. The Kier molecular flexibility index (Phi) is 3.78. The first-order valence-corrected chi connectivity index (χ1v) is 4.41. The van der Waals surface area contributed by atoms with Crippen molar-refractivity contribution in [2.75, 3.05) is 0 Å². The summed E-state index contributed by atoms with van der Waals surface area (Å²) in [6.07, 6.45) is -1.48. The molecule has 0 fully saturated rings. The Hall–Kier alpha value is -1.21. The van der Waals surface area contributed by atoms with Crippen LogP contribution in [0.2, 0.25) is 0 Å². The predicted molar refractivity (Wildman–Crippen MR) is 48.1 cm³/mol. The van der Waals surface area contributed by atoms with Gasteiger partial charge in [-0.05, 0) is 17.2 Å². The van der Waals surface area contributed by atoms with Crippen molar-refractivity contribution in [3.63, 3.8) is 0 Å². The summed E-state index contributed by atoms with van der Waals surface area (Å²) >= 11 is 5.56. The van der Waals surface area contributed by atoms with Crippen molar-refractivity contribution in [1.29, 1.82) is 5.26 Å². The minimum Gasteiger partial charge on any atom is -0.255 e. The molecule has 0 aliphatic rings. The largest absolute Gasteiger partial charge is 0.280 e. The van der Waals surface area contributed by atoms with Crippen LogP contribution in [0.15, 0.2) is 12.3 Å². The summed E-state index contributed by atoms with van der Waals surface area (Å²) in [5.41, 5.74) is 0.447. The maximum Gasteiger partial charge on any atom is 0.280 e. The third-order valence-corrected chi connectivity index (χ3v) is 2.08. The van der Waals surface area contributed by atoms with Crippen LogP contribution in [0.5, 0.6) is 0 Å². The van der Waals surface area contributed by atoms with Gasteiger partial charge in [-0.1, -0.05) is 0 Å². The van der Waals surface area contributed by atoms with E-state index in [1.165, 1.54) is 6.20 Å². The van der Waals surface area contributed by atoms with Crippen LogP contribution in [0, 0.1) is 11.3 Å². The quantitative estimate of drug-likeness (QED) is 0.729. The lowest BCUT2D eigenvalue weighted by molar-refractivity contribution is 0.145. The smallest absolute Gasteiger partial charge is 0.255 e. The minimum absolute atomic E-state index is 0.0877. The topological polar surface area (TPSA) is 36.7 Å². The van der Waals surface area contributed by atoms with Crippen molar-refractivity contribution in [2.45, 2.75) is 18.7 Å². The Morgan fingerprint density at radius 2 is 2.29 bits per heavy atom. The number of nitrogens with zero attached hydrogens (tertiary/aromatic N) is 2. The summed E-state index contributed by atoms with van der Waals surface area (Å²) in [6.45, 7) is 0. The van der Waals surface area contributed by atoms with E-state index in [4.69, 9.17) is 16.9 Å². The molecule has 0 aliphatic heterocycles. The van der Waals surface area contributed by atoms with E-state index < -0.39 is 6.43 Å². The summed E-state index contributed by atoms with van der Waals surface area (Å²) in [5, 5.41) is 8.48. The van der Waals surface area contributed by atoms with Gasteiger partial charge in [0.25, 0.3) is 6.43 Å². The van der Waals surface area contributed by atoms with Crippen LogP contribution >= 0.6 is 11.6 Å². The van der Waals surface area contributed by atoms with Crippen LogP contribution in [-0.2, 0) is 12.3 Å². The first-order valence-electron chi connectivity index (χ1n) is 3.88. The third-order valence-electron chi connectivity index (χ3n) is 1.79. The van der Waals surface area contributed by atoms with Crippen LogP contribution in [0.3, 0.4) is 0 Å². The minimum atomic E-state index is -2.67. The number of hydrogen-bond donors (Lipinski definition) is 0. The second-order valence-corrected chi connectivity index (χ2v) is 2.87. The summed E-state index contributed by atoms with van der Waals surface area (Å²) in [7, 11) is 0. The third kappa shape index (κ3) is 2.18. The average molecular weight is 217 g/mol. The van der Waals surface area contributed by atoms with Crippen LogP contribution in [0.1, 0.15) is 23.2 Å². The molecule has 0 aliphatic carbocycles. The number of hydrogen-bond acceptors (Lipinski definition) is 2. The Morgan fingerprint density at radius 3 is 2.79 bits per heavy atom. The summed E-state index contributed by atoms with van der Waals surface area (Å²) in [5.74, 6) is 0.110. The van der Waals surface area contributed by atoms with Crippen molar-refractivity contribution in [3.8, 4) is 6.07 Å². The van der Waals surface area contributed by atoms with Crippen molar-refractivity contribution >= 4 is 11.6 Å². The van der Waals surface area contributed by atoms with Gasteiger partial charge >= 0.3 is 0 Å². The lowest BCUT2D eigenvalue weighted by Crippen LogP contribution is -2.01. The highest BCUT2D eigenvalue weighted by Crippen LogP contribution is 2.24. The van der Waals surface area contributed by atoms with Gasteiger partial charge in [-0.2, -0.15) is 5.26 Å². The van der Waals surface area contributed by atoms with E-state index in [1.54, 1.807) is 6.07 Å². The van der Waals surface area contributed by atoms with E-state index in [0.717, 1.165) is 0 Å². The van der Waals surface area contributed by atoms with E-state index in [-0.39, 0.29) is 23.6 Å². The summed E-state index contributed by atoms with van der Waals surface area (Å²) < 4.78 is 24.9. The molecule has 0 amide bonds. The van der Waals surface area contributed by atoms with Gasteiger partial charge < -0.3 is 0 Å².